The first-order valence-electron chi connectivity index (χ1n) is 24.3. The summed E-state index contributed by atoms with van der Waals surface area (Å²) in [4.78, 5) is 7.31. The number of fused-ring (bicyclic) bond motifs is 15. The summed E-state index contributed by atoms with van der Waals surface area (Å²) in [6, 6.07) is 75.7. The molecule has 2 aliphatic rings. The molecule has 0 saturated carbocycles. The van der Waals surface area contributed by atoms with Crippen LogP contribution >= 0.6 is 15.9 Å². The van der Waals surface area contributed by atoms with Gasteiger partial charge in [0.2, 0.25) is 0 Å². The Hall–Kier alpha value is -7.92. The van der Waals surface area contributed by atoms with E-state index in [4.69, 9.17) is 0 Å². The number of aromatic nitrogens is 3. The van der Waals surface area contributed by atoms with Crippen molar-refractivity contribution in [3.05, 3.63) is 233 Å². The number of nitrogens with zero attached hydrogens (tertiary/aromatic N) is 1. The van der Waals surface area contributed by atoms with E-state index in [2.05, 4.69) is 264 Å². The van der Waals surface area contributed by atoms with Crippen LogP contribution in [0.4, 0.5) is 0 Å². The minimum atomic E-state index is -0.0266. The summed E-state index contributed by atoms with van der Waals surface area (Å²) in [5, 5.41) is 7.68. The summed E-state index contributed by atoms with van der Waals surface area (Å²) in [6.45, 7) is 9.36. The predicted octanol–water partition coefficient (Wildman–Crippen LogP) is 18.4. The van der Waals surface area contributed by atoms with E-state index in [9.17, 15) is 0 Å². The highest BCUT2D eigenvalue weighted by atomic mass is 79.9. The molecule has 0 spiro atoms. The second kappa shape index (κ2) is 15.0. The Morgan fingerprint density at radius 1 is 0.329 bits per heavy atom. The van der Waals surface area contributed by atoms with Crippen molar-refractivity contribution in [1.29, 1.82) is 0 Å². The van der Waals surface area contributed by atoms with Crippen LogP contribution in [0.5, 0.6) is 0 Å². The van der Waals surface area contributed by atoms with Crippen molar-refractivity contribution >= 4 is 81.3 Å². The molecule has 3 nitrogen and oxygen atoms in total. The molecule has 0 atom stereocenters. The van der Waals surface area contributed by atoms with E-state index in [1.165, 1.54) is 138 Å². The molecule has 10 aromatic carbocycles. The van der Waals surface area contributed by atoms with Crippen LogP contribution in [0.3, 0.4) is 0 Å². The van der Waals surface area contributed by atoms with Gasteiger partial charge < -0.3 is 14.5 Å². The second-order valence-electron chi connectivity index (χ2n) is 20.4. The van der Waals surface area contributed by atoms with Gasteiger partial charge in [0, 0.05) is 75.4 Å². The number of hydrogen-bond donors (Lipinski definition) is 2. The molecule has 13 aromatic rings. The lowest BCUT2D eigenvalue weighted by Crippen LogP contribution is -2.14. The Labute approximate surface area is 415 Å². The highest BCUT2D eigenvalue weighted by molar-refractivity contribution is 9.10. The van der Waals surface area contributed by atoms with Crippen LogP contribution < -0.4 is 0 Å². The van der Waals surface area contributed by atoms with Crippen molar-refractivity contribution in [3.8, 4) is 50.2 Å². The molecule has 3 heterocycles. The van der Waals surface area contributed by atoms with E-state index in [1.54, 1.807) is 0 Å². The van der Waals surface area contributed by atoms with Gasteiger partial charge in [-0.25, -0.2) is 0 Å². The van der Waals surface area contributed by atoms with Gasteiger partial charge in [-0.05, 0) is 152 Å². The third kappa shape index (κ3) is 6.06. The summed E-state index contributed by atoms with van der Waals surface area (Å²) in [7, 11) is 0. The third-order valence-corrected chi connectivity index (χ3v) is 16.3. The quantitative estimate of drug-likeness (QED) is 0.177. The lowest BCUT2D eigenvalue weighted by molar-refractivity contribution is 0.661. The summed E-state index contributed by atoms with van der Waals surface area (Å²) < 4.78 is 3.53. The molecule has 0 fully saturated rings. The van der Waals surface area contributed by atoms with Crippen LogP contribution in [0.2, 0.25) is 0 Å². The standard InChI is InChI=1S/C45H32N2.C21H16BrN/c1-45(2)39-17-8-6-15-33(39)35-27-42-37(26-40(35)45)36-24-30(19-21-41(36)46-42)31-20-22-44-38(25-31)34-16-7-9-18-43(34)47(44)32-14-10-13-29(23-32)28-11-4-3-5-12-28;1-21(2)17-6-4-3-5-13(17)14-11-20-16(10-18(14)21)15-9-12(22)7-8-19(15)23-20/h3-27,46H,1-2H3;3-11,23H,1-2H3. The Morgan fingerprint density at radius 2 is 0.829 bits per heavy atom. The zero-order valence-electron chi connectivity index (χ0n) is 39.5. The van der Waals surface area contributed by atoms with Crippen LogP contribution in [-0.4, -0.2) is 14.5 Å². The number of nitrogens with one attached hydrogen (secondary N) is 2. The van der Waals surface area contributed by atoms with Crippen molar-refractivity contribution in [3.63, 3.8) is 0 Å². The first-order valence-corrected chi connectivity index (χ1v) is 25.1. The van der Waals surface area contributed by atoms with Crippen LogP contribution in [0.25, 0.3) is 116 Å². The van der Waals surface area contributed by atoms with Gasteiger partial charge in [-0.15, -0.1) is 0 Å². The fraction of sp³-hybridized carbons (Fsp3) is 0.0909. The van der Waals surface area contributed by atoms with Gasteiger partial charge in [0.1, 0.15) is 0 Å². The lowest BCUT2D eigenvalue weighted by Gasteiger charge is -2.21. The number of aromatic amines is 2. The molecule has 3 aromatic heterocycles. The molecular formula is C66H48BrN3. The summed E-state index contributed by atoms with van der Waals surface area (Å²) >= 11 is 3.60. The Kier molecular flexibility index (Phi) is 8.83. The number of hydrogen-bond acceptors (Lipinski definition) is 0. The van der Waals surface area contributed by atoms with Crippen molar-refractivity contribution < 1.29 is 0 Å². The van der Waals surface area contributed by atoms with E-state index in [1.807, 2.05) is 0 Å². The molecule has 2 aliphatic carbocycles. The molecular weight excluding hydrogens is 915 g/mol. The fourth-order valence-corrected chi connectivity index (χ4v) is 12.6. The first kappa shape index (κ1) is 41.1. The normalized spacial score (nSPS) is 14.0. The Bertz CT molecular complexity index is 4310. The van der Waals surface area contributed by atoms with E-state index >= 15 is 0 Å². The highest BCUT2D eigenvalue weighted by Gasteiger charge is 2.37. The largest absolute Gasteiger partial charge is 0.354 e. The van der Waals surface area contributed by atoms with E-state index in [-0.39, 0.29) is 10.8 Å². The van der Waals surface area contributed by atoms with Crippen LogP contribution in [0, 0.1) is 0 Å². The average Bonchev–Trinajstić information content (AvgIpc) is 4.15. The van der Waals surface area contributed by atoms with Gasteiger partial charge >= 0.3 is 0 Å². The minimum Gasteiger partial charge on any atom is -0.354 e. The van der Waals surface area contributed by atoms with Crippen LogP contribution in [0.1, 0.15) is 49.9 Å². The molecule has 0 bridgehead atoms. The first-order chi connectivity index (χ1) is 34.1. The number of rotatable bonds is 3. The minimum absolute atomic E-state index is 0.0266. The molecule has 15 rings (SSSR count). The highest BCUT2D eigenvalue weighted by Crippen LogP contribution is 2.52. The number of benzene rings is 10. The summed E-state index contributed by atoms with van der Waals surface area (Å²) in [5.41, 5.74) is 24.4. The average molecular weight is 963 g/mol. The monoisotopic (exact) mass is 961 g/mol. The third-order valence-electron chi connectivity index (χ3n) is 15.8. The number of halogens is 1. The summed E-state index contributed by atoms with van der Waals surface area (Å²) in [5.74, 6) is 0. The topological polar surface area (TPSA) is 36.5 Å². The smallest absolute Gasteiger partial charge is 0.0541 e. The second-order valence-corrected chi connectivity index (χ2v) is 21.3. The van der Waals surface area contributed by atoms with Gasteiger partial charge in [-0.2, -0.15) is 0 Å². The van der Waals surface area contributed by atoms with Gasteiger partial charge in [0.15, 0.2) is 0 Å². The van der Waals surface area contributed by atoms with Crippen molar-refractivity contribution in [1.82, 2.24) is 14.5 Å². The van der Waals surface area contributed by atoms with E-state index in [0.717, 1.165) is 4.47 Å². The molecule has 70 heavy (non-hydrogen) atoms. The maximum Gasteiger partial charge on any atom is 0.0541 e. The Balaban J connectivity index is 0.000000167. The molecule has 2 N–H and O–H groups in total. The maximum absolute atomic E-state index is 3.73. The van der Waals surface area contributed by atoms with Crippen molar-refractivity contribution in [2.75, 3.05) is 0 Å². The molecule has 0 saturated heterocycles. The Morgan fingerprint density at radius 3 is 1.50 bits per heavy atom. The number of para-hydroxylation sites is 1. The maximum atomic E-state index is 3.73. The van der Waals surface area contributed by atoms with Gasteiger partial charge in [-0.1, -0.05) is 165 Å². The molecule has 0 amide bonds. The van der Waals surface area contributed by atoms with Crippen molar-refractivity contribution in [2.45, 2.75) is 38.5 Å². The van der Waals surface area contributed by atoms with Gasteiger partial charge in [-0.3, -0.25) is 0 Å². The predicted molar refractivity (Wildman–Crippen MR) is 300 cm³/mol. The SMILES string of the molecule is CC1(C)c2ccccc2-c2cc3[nH]c4ccc(-c5ccc6c(c5)c5ccccc5n6-c5cccc(-c6ccccc6)c5)cc4c3cc21.CC1(C)c2ccccc2-c2cc3[nH]c4ccc(Br)cc4c3cc21. The zero-order chi connectivity index (χ0) is 47.0. The fourth-order valence-electron chi connectivity index (χ4n) is 12.2. The number of H-pyrrole nitrogens is 2. The van der Waals surface area contributed by atoms with Crippen LogP contribution in [-0.2, 0) is 10.8 Å². The molecule has 0 radical (unpaired) electrons. The summed E-state index contributed by atoms with van der Waals surface area (Å²) in [6.07, 6.45) is 0. The molecule has 0 unspecified atom stereocenters. The van der Waals surface area contributed by atoms with Gasteiger partial charge in [0.25, 0.3) is 0 Å². The zero-order valence-corrected chi connectivity index (χ0v) is 41.0. The van der Waals surface area contributed by atoms with Crippen molar-refractivity contribution in [2.24, 2.45) is 0 Å². The lowest BCUT2D eigenvalue weighted by atomic mass is 9.82. The molecule has 334 valence electrons. The van der Waals surface area contributed by atoms with Gasteiger partial charge in [0.05, 0.1) is 11.0 Å². The molecule has 4 heteroatoms. The van der Waals surface area contributed by atoms with Crippen LogP contribution in [0.15, 0.2) is 211 Å². The molecule has 0 aliphatic heterocycles. The van der Waals surface area contributed by atoms with E-state index in [0.29, 0.717) is 0 Å². The van der Waals surface area contributed by atoms with E-state index < -0.39 is 0 Å².